The van der Waals surface area contributed by atoms with Gasteiger partial charge >= 0.3 is 0 Å². The largest absolute Gasteiger partial charge is 0.207 e. The molecule has 1 aromatic carbocycles. The first-order valence-electron chi connectivity index (χ1n) is 4.29. The summed E-state index contributed by atoms with van der Waals surface area (Å²) in [5.74, 6) is -0.669. The highest BCUT2D eigenvalue weighted by molar-refractivity contribution is 5.34. The van der Waals surface area contributed by atoms with Crippen LogP contribution in [0.5, 0.6) is 0 Å². The van der Waals surface area contributed by atoms with E-state index in [0.29, 0.717) is 11.1 Å². The zero-order valence-corrected chi connectivity index (χ0v) is 8.41. The molecule has 0 aliphatic rings. The topological polar surface area (TPSA) is 0 Å². The van der Waals surface area contributed by atoms with Crippen LogP contribution in [0.4, 0.5) is 8.78 Å². The van der Waals surface area contributed by atoms with E-state index in [2.05, 4.69) is 0 Å². The Morgan fingerprint density at radius 3 is 1.85 bits per heavy atom. The van der Waals surface area contributed by atoms with Crippen LogP contribution in [0.1, 0.15) is 31.9 Å². The molecule has 0 bridgehead atoms. The molecule has 0 radical (unpaired) electrons. The minimum absolute atomic E-state index is 0.327. The Balaban J connectivity index is 3.43. The Bertz CT molecular complexity index is 322. The third-order valence-corrected chi connectivity index (χ3v) is 2.10. The average Bonchev–Trinajstić information content (AvgIpc) is 1.95. The second kappa shape index (κ2) is 3.09. The smallest absolute Gasteiger partial charge is 0.127 e. The van der Waals surface area contributed by atoms with Gasteiger partial charge in [0.05, 0.1) is 0 Å². The highest BCUT2D eigenvalue weighted by Crippen LogP contribution is 2.29. The molecular formula is C11H14F2. The molecule has 0 spiro atoms. The molecule has 0 aromatic heterocycles. The lowest BCUT2D eigenvalue weighted by Gasteiger charge is -2.22. The molecule has 2 heteroatoms. The number of benzene rings is 1. The van der Waals surface area contributed by atoms with E-state index in [0.717, 1.165) is 0 Å². The van der Waals surface area contributed by atoms with E-state index in [-0.39, 0.29) is 17.0 Å². The second-order valence-electron chi connectivity index (χ2n) is 4.28. The van der Waals surface area contributed by atoms with Crippen LogP contribution in [0.3, 0.4) is 0 Å². The predicted molar refractivity (Wildman–Crippen MR) is 49.8 cm³/mol. The number of rotatable bonds is 0. The fraction of sp³-hybridized carbons (Fsp3) is 0.455. The van der Waals surface area contributed by atoms with Crippen molar-refractivity contribution in [1.82, 2.24) is 0 Å². The average molecular weight is 184 g/mol. The molecule has 1 aromatic rings. The Labute approximate surface area is 77.6 Å². The number of hydrogen-bond donors (Lipinski definition) is 0. The van der Waals surface area contributed by atoms with Crippen molar-refractivity contribution in [3.05, 3.63) is 34.9 Å². The third-order valence-electron chi connectivity index (χ3n) is 2.10. The van der Waals surface area contributed by atoms with Crippen LogP contribution in [0, 0.1) is 18.6 Å². The maximum Gasteiger partial charge on any atom is 0.127 e. The molecule has 0 N–H and O–H groups in total. The summed E-state index contributed by atoms with van der Waals surface area (Å²) in [5.41, 5.74) is 0.524. The van der Waals surface area contributed by atoms with Gasteiger partial charge in [-0.25, -0.2) is 8.78 Å². The van der Waals surface area contributed by atoms with E-state index in [1.165, 1.54) is 12.1 Å². The van der Waals surface area contributed by atoms with Crippen LogP contribution < -0.4 is 0 Å². The summed E-state index contributed by atoms with van der Waals surface area (Å²) in [6.07, 6.45) is 0. The van der Waals surface area contributed by atoms with E-state index in [1.54, 1.807) is 6.92 Å². The fourth-order valence-corrected chi connectivity index (χ4v) is 1.57. The van der Waals surface area contributed by atoms with E-state index in [9.17, 15) is 8.78 Å². The minimum Gasteiger partial charge on any atom is -0.207 e. The van der Waals surface area contributed by atoms with Crippen LogP contribution in [0.2, 0.25) is 0 Å². The lowest BCUT2D eigenvalue weighted by Crippen LogP contribution is -2.16. The zero-order chi connectivity index (χ0) is 10.2. The summed E-state index contributed by atoms with van der Waals surface area (Å²) in [6.45, 7) is 7.23. The monoisotopic (exact) mass is 184 g/mol. The molecule has 72 valence electrons. The molecule has 1 rings (SSSR count). The van der Waals surface area contributed by atoms with E-state index in [4.69, 9.17) is 0 Å². The van der Waals surface area contributed by atoms with E-state index in [1.807, 2.05) is 20.8 Å². The molecule has 0 fully saturated rings. The fourth-order valence-electron chi connectivity index (χ4n) is 1.57. The number of hydrogen-bond acceptors (Lipinski definition) is 0. The van der Waals surface area contributed by atoms with Crippen molar-refractivity contribution in [3.63, 3.8) is 0 Å². The molecule has 0 aliphatic carbocycles. The van der Waals surface area contributed by atoms with Gasteiger partial charge in [-0.1, -0.05) is 20.8 Å². The van der Waals surface area contributed by atoms with Crippen molar-refractivity contribution in [3.8, 4) is 0 Å². The Morgan fingerprint density at radius 2 is 1.46 bits per heavy atom. The van der Waals surface area contributed by atoms with Gasteiger partial charge in [-0.2, -0.15) is 0 Å². The summed E-state index contributed by atoms with van der Waals surface area (Å²) in [4.78, 5) is 0. The van der Waals surface area contributed by atoms with Crippen LogP contribution >= 0.6 is 0 Å². The van der Waals surface area contributed by atoms with E-state index < -0.39 is 0 Å². The highest BCUT2D eigenvalue weighted by atomic mass is 19.1. The van der Waals surface area contributed by atoms with Gasteiger partial charge in [0, 0.05) is 0 Å². The molecule has 13 heavy (non-hydrogen) atoms. The molecule has 0 saturated carbocycles. The summed E-state index contributed by atoms with van der Waals surface area (Å²) >= 11 is 0. The van der Waals surface area contributed by atoms with Gasteiger partial charge in [0.1, 0.15) is 11.6 Å². The van der Waals surface area contributed by atoms with Gasteiger partial charge < -0.3 is 0 Å². The lowest BCUT2D eigenvalue weighted by molar-refractivity contribution is 0.505. The van der Waals surface area contributed by atoms with Crippen molar-refractivity contribution < 1.29 is 8.78 Å². The molecule has 0 nitrogen and oxygen atoms in total. The predicted octanol–water partition coefficient (Wildman–Crippen LogP) is 3.57. The van der Waals surface area contributed by atoms with Gasteiger partial charge in [0.2, 0.25) is 0 Å². The third kappa shape index (κ3) is 1.87. The first-order valence-corrected chi connectivity index (χ1v) is 4.29. The molecule has 0 amide bonds. The summed E-state index contributed by atoms with van der Waals surface area (Å²) in [7, 11) is 0. The highest BCUT2D eigenvalue weighted by Gasteiger charge is 2.22. The van der Waals surface area contributed by atoms with Crippen molar-refractivity contribution >= 4 is 0 Å². The van der Waals surface area contributed by atoms with Gasteiger partial charge in [-0.3, -0.25) is 0 Å². The first-order chi connectivity index (χ1) is 5.84. The number of halogens is 2. The molecule has 0 atom stereocenters. The molecule has 0 saturated heterocycles. The quantitative estimate of drug-likeness (QED) is 0.578. The Morgan fingerprint density at radius 1 is 1.00 bits per heavy atom. The minimum atomic E-state index is -0.351. The van der Waals surface area contributed by atoms with Gasteiger partial charge in [-0.05, 0) is 35.6 Å². The van der Waals surface area contributed by atoms with Crippen molar-refractivity contribution in [2.45, 2.75) is 33.1 Å². The normalized spacial score (nSPS) is 11.8. The summed E-state index contributed by atoms with van der Waals surface area (Å²) in [5, 5.41) is 0. The van der Waals surface area contributed by atoms with Crippen LogP contribution in [-0.4, -0.2) is 0 Å². The Hall–Kier alpha value is -0.920. The SMILES string of the molecule is Cc1c(F)ccc(F)c1C(C)(C)C. The molecule has 0 aliphatic heterocycles. The van der Waals surface area contributed by atoms with Crippen molar-refractivity contribution in [1.29, 1.82) is 0 Å². The molecule has 0 unspecified atom stereocenters. The summed E-state index contributed by atoms with van der Waals surface area (Å²) in [6, 6.07) is 2.35. The first kappa shape index (κ1) is 10.2. The standard InChI is InChI=1S/C11H14F2/c1-7-8(12)5-6-9(13)10(7)11(2,3)4/h5-6H,1-4H3. The van der Waals surface area contributed by atoms with Crippen LogP contribution in [-0.2, 0) is 5.41 Å². The Kier molecular flexibility index (Phi) is 2.42. The van der Waals surface area contributed by atoms with Gasteiger partial charge in [0.25, 0.3) is 0 Å². The summed E-state index contributed by atoms with van der Waals surface area (Å²) < 4.78 is 26.5. The maximum absolute atomic E-state index is 13.4. The maximum atomic E-state index is 13.4. The van der Waals surface area contributed by atoms with Gasteiger partial charge in [0.15, 0.2) is 0 Å². The van der Waals surface area contributed by atoms with Crippen LogP contribution in [0.25, 0.3) is 0 Å². The van der Waals surface area contributed by atoms with Gasteiger partial charge in [-0.15, -0.1) is 0 Å². The van der Waals surface area contributed by atoms with Crippen LogP contribution in [0.15, 0.2) is 12.1 Å². The second-order valence-corrected chi connectivity index (χ2v) is 4.28. The van der Waals surface area contributed by atoms with E-state index >= 15 is 0 Å². The zero-order valence-electron chi connectivity index (χ0n) is 8.41. The van der Waals surface area contributed by atoms with Crippen molar-refractivity contribution in [2.24, 2.45) is 0 Å². The molecular weight excluding hydrogens is 170 g/mol. The lowest BCUT2D eigenvalue weighted by atomic mass is 9.83. The van der Waals surface area contributed by atoms with Crippen molar-refractivity contribution in [2.75, 3.05) is 0 Å². The molecule has 0 heterocycles.